The first kappa shape index (κ1) is 20.3. The Morgan fingerprint density at radius 3 is 2.50 bits per heavy atom. The molecule has 0 saturated carbocycles. The van der Waals surface area contributed by atoms with Gasteiger partial charge in [0.25, 0.3) is 5.91 Å². The standard InChI is InChI=1S/C24H24F2N2O2/c1-16-14-18-4-3-11-27-22(18)15-21(16)17-5-7-19(8-6-17)30-20-9-12-28(13-10-20)23(29)24(2,25)26/h3-8,11,14-15,20H,9-10,12-13H2,1-2H3. The van der Waals surface area contributed by atoms with Crippen LogP contribution >= 0.6 is 0 Å². The van der Waals surface area contributed by atoms with Crippen LogP contribution in [0.3, 0.4) is 0 Å². The maximum absolute atomic E-state index is 13.2. The Labute approximate surface area is 174 Å². The summed E-state index contributed by atoms with van der Waals surface area (Å²) in [6.07, 6.45) is 2.79. The third-order valence-electron chi connectivity index (χ3n) is 5.52. The molecule has 0 spiro atoms. The minimum Gasteiger partial charge on any atom is -0.490 e. The lowest BCUT2D eigenvalue weighted by atomic mass is 9.98. The molecule has 2 heterocycles. The van der Waals surface area contributed by atoms with Crippen molar-refractivity contribution in [2.75, 3.05) is 13.1 Å². The zero-order valence-corrected chi connectivity index (χ0v) is 17.1. The van der Waals surface area contributed by atoms with Gasteiger partial charge in [-0.15, -0.1) is 0 Å². The number of benzene rings is 2. The van der Waals surface area contributed by atoms with Gasteiger partial charge in [-0.3, -0.25) is 9.78 Å². The number of nitrogens with zero attached hydrogens (tertiary/aromatic N) is 2. The molecule has 0 aliphatic carbocycles. The highest BCUT2D eigenvalue weighted by molar-refractivity contribution is 5.86. The summed E-state index contributed by atoms with van der Waals surface area (Å²) in [7, 11) is 0. The number of aromatic nitrogens is 1. The molecule has 1 aliphatic rings. The van der Waals surface area contributed by atoms with Gasteiger partial charge in [-0.05, 0) is 53.9 Å². The van der Waals surface area contributed by atoms with Gasteiger partial charge in [0.15, 0.2) is 0 Å². The van der Waals surface area contributed by atoms with Crippen LogP contribution in [0.5, 0.6) is 5.75 Å². The van der Waals surface area contributed by atoms with Gasteiger partial charge in [-0.1, -0.05) is 18.2 Å². The van der Waals surface area contributed by atoms with Crippen LogP contribution in [0.25, 0.3) is 22.0 Å². The topological polar surface area (TPSA) is 42.4 Å². The number of fused-ring (bicyclic) bond motifs is 1. The lowest BCUT2D eigenvalue weighted by Gasteiger charge is -2.33. The summed E-state index contributed by atoms with van der Waals surface area (Å²) >= 11 is 0. The number of aryl methyl sites for hydroxylation is 1. The predicted molar refractivity (Wildman–Crippen MR) is 113 cm³/mol. The van der Waals surface area contributed by atoms with E-state index in [2.05, 4.69) is 30.1 Å². The Kier molecular flexibility index (Phi) is 5.41. The molecule has 30 heavy (non-hydrogen) atoms. The molecule has 1 aromatic heterocycles. The van der Waals surface area contributed by atoms with Crippen LogP contribution < -0.4 is 4.74 Å². The Morgan fingerprint density at radius 2 is 1.83 bits per heavy atom. The number of likely N-dealkylation sites (tertiary alicyclic amines) is 1. The van der Waals surface area contributed by atoms with Crippen molar-refractivity contribution >= 4 is 16.8 Å². The minimum atomic E-state index is -3.32. The van der Waals surface area contributed by atoms with Crippen LogP contribution in [-0.2, 0) is 4.79 Å². The zero-order chi connectivity index (χ0) is 21.3. The van der Waals surface area contributed by atoms with Gasteiger partial charge in [-0.25, -0.2) is 0 Å². The lowest BCUT2D eigenvalue weighted by Crippen LogP contribution is -2.47. The number of pyridine rings is 1. The first-order valence-corrected chi connectivity index (χ1v) is 10.1. The smallest absolute Gasteiger partial charge is 0.322 e. The molecule has 2 aromatic carbocycles. The highest BCUT2D eigenvalue weighted by Gasteiger charge is 2.38. The minimum absolute atomic E-state index is 0.0861. The molecule has 0 radical (unpaired) electrons. The number of hydrogen-bond acceptors (Lipinski definition) is 3. The van der Waals surface area contributed by atoms with E-state index in [-0.39, 0.29) is 19.2 Å². The van der Waals surface area contributed by atoms with Crippen LogP contribution in [0.2, 0.25) is 0 Å². The third kappa shape index (κ3) is 4.27. The van der Waals surface area contributed by atoms with Crippen molar-refractivity contribution in [3.63, 3.8) is 0 Å². The van der Waals surface area contributed by atoms with Crippen LogP contribution in [-0.4, -0.2) is 40.9 Å². The summed E-state index contributed by atoms with van der Waals surface area (Å²) in [4.78, 5) is 17.4. The molecular weight excluding hydrogens is 386 g/mol. The number of amides is 1. The molecular formula is C24H24F2N2O2. The second kappa shape index (κ2) is 8.01. The summed E-state index contributed by atoms with van der Waals surface area (Å²) in [5.74, 6) is -3.69. The summed E-state index contributed by atoms with van der Waals surface area (Å²) in [6, 6.07) is 16.1. The van der Waals surface area contributed by atoms with Gasteiger partial charge >= 0.3 is 5.92 Å². The first-order valence-electron chi connectivity index (χ1n) is 10.1. The molecule has 1 amide bonds. The van der Waals surface area contributed by atoms with E-state index < -0.39 is 11.8 Å². The van der Waals surface area contributed by atoms with Gasteiger partial charge in [0.1, 0.15) is 11.9 Å². The van der Waals surface area contributed by atoms with Crippen molar-refractivity contribution in [2.45, 2.75) is 38.7 Å². The highest BCUT2D eigenvalue weighted by Crippen LogP contribution is 2.30. The molecule has 0 unspecified atom stereocenters. The third-order valence-corrected chi connectivity index (χ3v) is 5.52. The van der Waals surface area contributed by atoms with E-state index in [1.807, 2.05) is 30.3 Å². The van der Waals surface area contributed by atoms with E-state index >= 15 is 0 Å². The fourth-order valence-electron chi connectivity index (χ4n) is 3.91. The highest BCUT2D eigenvalue weighted by atomic mass is 19.3. The molecule has 0 bridgehead atoms. The SMILES string of the molecule is Cc1cc2cccnc2cc1-c1ccc(OC2CCN(C(=O)C(C)(F)F)CC2)cc1. The monoisotopic (exact) mass is 410 g/mol. The fraction of sp³-hybridized carbons (Fsp3) is 0.333. The van der Waals surface area contributed by atoms with Gasteiger partial charge in [0.2, 0.25) is 0 Å². The summed E-state index contributed by atoms with van der Waals surface area (Å²) in [5, 5.41) is 1.12. The largest absolute Gasteiger partial charge is 0.490 e. The summed E-state index contributed by atoms with van der Waals surface area (Å²) < 4.78 is 32.4. The van der Waals surface area contributed by atoms with Crippen LogP contribution in [0, 0.1) is 6.92 Å². The van der Waals surface area contributed by atoms with Crippen LogP contribution in [0.15, 0.2) is 54.7 Å². The average Bonchev–Trinajstić information content (AvgIpc) is 2.73. The Balaban J connectivity index is 1.42. The number of piperidine rings is 1. The second-order valence-electron chi connectivity index (χ2n) is 7.89. The Morgan fingerprint density at radius 1 is 1.13 bits per heavy atom. The first-order chi connectivity index (χ1) is 14.3. The predicted octanol–water partition coefficient (Wildman–Crippen LogP) is 5.24. The average molecular weight is 410 g/mol. The van der Waals surface area contributed by atoms with Crippen molar-refractivity contribution in [1.29, 1.82) is 0 Å². The van der Waals surface area contributed by atoms with E-state index in [0.717, 1.165) is 27.8 Å². The molecule has 156 valence electrons. The Hall–Kier alpha value is -3.02. The zero-order valence-electron chi connectivity index (χ0n) is 17.1. The van der Waals surface area contributed by atoms with Gasteiger partial charge in [0, 0.05) is 44.4 Å². The van der Waals surface area contributed by atoms with Crippen molar-refractivity contribution < 1.29 is 18.3 Å². The van der Waals surface area contributed by atoms with Gasteiger partial charge < -0.3 is 9.64 Å². The molecule has 6 heteroatoms. The maximum atomic E-state index is 13.2. The van der Waals surface area contributed by atoms with Gasteiger partial charge in [0.05, 0.1) is 5.52 Å². The van der Waals surface area contributed by atoms with Gasteiger partial charge in [-0.2, -0.15) is 8.78 Å². The molecule has 0 atom stereocenters. The van der Waals surface area contributed by atoms with E-state index in [4.69, 9.17) is 4.74 Å². The number of halogens is 2. The molecule has 1 saturated heterocycles. The quantitative estimate of drug-likeness (QED) is 0.591. The number of carbonyl (C=O) groups excluding carboxylic acids is 1. The number of ether oxygens (including phenoxy) is 1. The van der Waals surface area contributed by atoms with Crippen molar-refractivity contribution in [3.05, 3.63) is 60.3 Å². The van der Waals surface area contributed by atoms with Crippen molar-refractivity contribution in [2.24, 2.45) is 0 Å². The summed E-state index contributed by atoms with van der Waals surface area (Å²) in [5.41, 5.74) is 4.34. The van der Waals surface area contributed by atoms with E-state index in [9.17, 15) is 13.6 Å². The van der Waals surface area contributed by atoms with E-state index in [1.165, 1.54) is 10.5 Å². The fourth-order valence-corrected chi connectivity index (χ4v) is 3.91. The normalized spacial score (nSPS) is 15.4. The molecule has 4 rings (SSSR count). The van der Waals surface area contributed by atoms with Crippen LogP contribution in [0.4, 0.5) is 8.78 Å². The van der Waals surface area contributed by atoms with E-state index in [1.54, 1.807) is 6.20 Å². The van der Waals surface area contributed by atoms with E-state index in [0.29, 0.717) is 19.8 Å². The number of rotatable bonds is 4. The lowest BCUT2D eigenvalue weighted by molar-refractivity contribution is -0.156. The molecule has 4 nitrogen and oxygen atoms in total. The second-order valence-corrected chi connectivity index (χ2v) is 7.89. The van der Waals surface area contributed by atoms with Crippen LogP contribution in [0.1, 0.15) is 25.3 Å². The maximum Gasteiger partial charge on any atom is 0.322 e. The molecule has 0 N–H and O–H groups in total. The molecule has 1 aliphatic heterocycles. The Bertz CT molecular complexity index is 1050. The number of alkyl halides is 2. The molecule has 3 aromatic rings. The van der Waals surface area contributed by atoms with Crippen molar-refractivity contribution in [1.82, 2.24) is 9.88 Å². The number of hydrogen-bond donors (Lipinski definition) is 0. The summed E-state index contributed by atoms with van der Waals surface area (Å²) in [6.45, 7) is 3.30. The molecule has 1 fully saturated rings. The number of carbonyl (C=O) groups is 1. The van der Waals surface area contributed by atoms with Crippen molar-refractivity contribution in [3.8, 4) is 16.9 Å².